The van der Waals surface area contributed by atoms with Crippen LogP contribution in [0.4, 0.5) is 5.82 Å². The van der Waals surface area contributed by atoms with Crippen LogP contribution in [0.1, 0.15) is 13.3 Å². The van der Waals surface area contributed by atoms with Gasteiger partial charge >= 0.3 is 0 Å². The first-order valence-electron chi connectivity index (χ1n) is 6.52. The quantitative estimate of drug-likeness (QED) is 0.775. The van der Waals surface area contributed by atoms with Crippen molar-refractivity contribution >= 4 is 16.7 Å². The molecule has 1 aromatic carbocycles. The summed E-state index contributed by atoms with van der Waals surface area (Å²) in [6, 6.07) is 14.1. The van der Waals surface area contributed by atoms with Gasteiger partial charge in [0, 0.05) is 11.9 Å². The molecule has 0 aliphatic rings. The van der Waals surface area contributed by atoms with Crippen LogP contribution in [0.15, 0.2) is 48.7 Å². The molecule has 4 heteroatoms. The van der Waals surface area contributed by atoms with E-state index in [1.54, 1.807) is 0 Å². The maximum absolute atomic E-state index is 4.59. The molecular formula is C15H16N4. The molecule has 0 unspecified atom stereocenters. The smallest absolute Gasteiger partial charge is 0.156 e. The van der Waals surface area contributed by atoms with Crippen molar-refractivity contribution in [3.63, 3.8) is 0 Å². The van der Waals surface area contributed by atoms with Gasteiger partial charge in [0.25, 0.3) is 0 Å². The predicted octanol–water partition coefficient (Wildman–Crippen LogP) is 3.24. The summed E-state index contributed by atoms with van der Waals surface area (Å²) in [5, 5.41) is 8.83. The lowest BCUT2D eigenvalue weighted by Crippen LogP contribution is -2.05. The summed E-state index contributed by atoms with van der Waals surface area (Å²) in [6.45, 7) is 3.06. The molecule has 0 saturated carbocycles. The molecule has 4 nitrogen and oxygen atoms in total. The van der Waals surface area contributed by atoms with E-state index in [4.69, 9.17) is 0 Å². The third-order valence-electron chi connectivity index (χ3n) is 2.98. The molecule has 19 heavy (non-hydrogen) atoms. The van der Waals surface area contributed by atoms with E-state index in [1.807, 2.05) is 41.2 Å². The van der Waals surface area contributed by atoms with Crippen LogP contribution in [-0.4, -0.2) is 21.3 Å². The molecule has 96 valence electrons. The fourth-order valence-corrected chi connectivity index (χ4v) is 2.05. The molecule has 0 bridgehead atoms. The van der Waals surface area contributed by atoms with E-state index in [9.17, 15) is 0 Å². The maximum Gasteiger partial charge on any atom is 0.156 e. The first kappa shape index (κ1) is 11.7. The molecule has 0 amide bonds. The molecule has 0 fully saturated rings. The number of hydrogen-bond acceptors (Lipinski definition) is 3. The lowest BCUT2D eigenvalue weighted by Gasteiger charge is -2.07. The van der Waals surface area contributed by atoms with Crippen LogP contribution in [0.5, 0.6) is 0 Å². The summed E-state index contributed by atoms with van der Waals surface area (Å²) >= 11 is 0. The number of nitrogens with zero attached hydrogens (tertiary/aromatic N) is 3. The molecule has 3 rings (SSSR count). The SMILES string of the molecule is CCCNc1cccc(-n2ncc3ccccc32)n1. The highest BCUT2D eigenvalue weighted by Crippen LogP contribution is 2.17. The molecule has 0 spiro atoms. The van der Waals surface area contributed by atoms with Crippen LogP contribution in [0, 0.1) is 0 Å². The third kappa shape index (κ3) is 2.29. The number of anilines is 1. The highest BCUT2D eigenvalue weighted by Gasteiger charge is 2.05. The minimum Gasteiger partial charge on any atom is -0.370 e. The van der Waals surface area contributed by atoms with Crippen LogP contribution < -0.4 is 5.32 Å². The van der Waals surface area contributed by atoms with Crippen molar-refractivity contribution in [2.45, 2.75) is 13.3 Å². The minimum absolute atomic E-state index is 0.835. The Kier molecular flexibility index (Phi) is 3.14. The van der Waals surface area contributed by atoms with Gasteiger partial charge in [0.2, 0.25) is 0 Å². The topological polar surface area (TPSA) is 42.7 Å². The van der Waals surface area contributed by atoms with E-state index in [2.05, 4.69) is 34.5 Å². The van der Waals surface area contributed by atoms with Gasteiger partial charge in [-0.05, 0) is 24.6 Å². The van der Waals surface area contributed by atoms with E-state index < -0.39 is 0 Å². The lowest BCUT2D eigenvalue weighted by atomic mass is 10.2. The first-order valence-corrected chi connectivity index (χ1v) is 6.52. The number of aromatic nitrogens is 3. The van der Waals surface area contributed by atoms with Gasteiger partial charge in [-0.1, -0.05) is 31.2 Å². The molecule has 0 radical (unpaired) electrons. The monoisotopic (exact) mass is 252 g/mol. The van der Waals surface area contributed by atoms with Crippen molar-refractivity contribution in [3.05, 3.63) is 48.7 Å². The number of fused-ring (bicyclic) bond motifs is 1. The zero-order valence-electron chi connectivity index (χ0n) is 10.9. The number of benzene rings is 1. The van der Waals surface area contributed by atoms with Gasteiger partial charge in [0.05, 0.1) is 11.7 Å². The zero-order valence-corrected chi connectivity index (χ0v) is 10.9. The van der Waals surface area contributed by atoms with Crippen molar-refractivity contribution in [3.8, 4) is 5.82 Å². The molecule has 1 N–H and O–H groups in total. The fourth-order valence-electron chi connectivity index (χ4n) is 2.05. The first-order chi connectivity index (χ1) is 9.38. The van der Waals surface area contributed by atoms with Gasteiger partial charge in [-0.2, -0.15) is 5.10 Å². The van der Waals surface area contributed by atoms with E-state index in [1.165, 1.54) is 0 Å². The Morgan fingerprint density at radius 1 is 1.11 bits per heavy atom. The van der Waals surface area contributed by atoms with E-state index in [0.717, 1.165) is 35.5 Å². The maximum atomic E-state index is 4.59. The second kappa shape index (κ2) is 5.10. The Hall–Kier alpha value is -2.36. The zero-order chi connectivity index (χ0) is 13.1. The Morgan fingerprint density at radius 3 is 2.89 bits per heavy atom. The fraction of sp³-hybridized carbons (Fsp3) is 0.200. The Labute approximate surface area is 112 Å². The molecule has 0 aliphatic carbocycles. The van der Waals surface area contributed by atoms with E-state index in [-0.39, 0.29) is 0 Å². The van der Waals surface area contributed by atoms with Crippen LogP contribution in [0.3, 0.4) is 0 Å². The Bertz CT molecular complexity index is 687. The largest absolute Gasteiger partial charge is 0.370 e. The number of rotatable bonds is 4. The lowest BCUT2D eigenvalue weighted by molar-refractivity contribution is 0.871. The summed E-state index contributed by atoms with van der Waals surface area (Å²) < 4.78 is 1.87. The molecule has 3 aromatic rings. The van der Waals surface area contributed by atoms with Crippen LogP contribution in [0.25, 0.3) is 16.7 Å². The number of nitrogens with one attached hydrogen (secondary N) is 1. The molecule has 2 aromatic heterocycles. The number of para-hydroxylation sites is 1. The summed E-state index contributed by atoms with van der Waals surface area (Å²) in [5.41, 5.74) is 1.07. The van der Waals surface area contributed by atoms with Gasteiger partial charge < -0.3 is 5.32 Å². The van der Waals surface area contributed by atoms with Crippen molar-refractivity contribution in [2.75, 3.05) is 11.9 Å². The van der Waals surface area contributed by atoms with Crippen molar-refractivity contribution in [1.82, 2.24) is 14.8 Å². The summed E-state index contributed by atoms with van der Waals surface area (Å²) in [6.07, 6.45) is 2.94. The average molecular weight is 252 g/mol. The van der Waals surface area contributed by atoms with Crippen molar-refractivity contribution in [2.24, 2.45) is 0 Å². The van der Waals surface area contributed by atoms with E-state index >= 15 is 0 Å². The number of hydrogen-bond donors (Lipinski definition) is 1. The van der Waals surface area contributed by atoms with Gasteiger partial charge in [-0.3, -0.25) is 0 Å². The molecular weight excluding hydrogens is 236 g/mol. The van der Waals surface area contributed by atoms with Crippen LogP contribution >= 0.6 is 0 Å². The summed E-state index contributed by atoms with van der Waals surface area (Å²) in [4.78, 5) is 4.59. The Balaban J connectivity index is 2.01. The second-order valence-corrected chi connectivity index (χ2v) is 4.42. The van der Waals surface area contributed by atoms with Gasteiger partial charge in [-0.25, -0.2) is 9.67 Å². The second-order valence-electron chi connectivity index (χ2n) is 4.42. The Morgan fingerprint density at radius 2 is 2.00 bits per heavy atom. The van der Waals surface area contributed by atoms with Gasteiger partial charge in [-0.15, -0.1) is 0 Å². The van der Waals surface area contributed by atoms with Gasteiger partial charge in [0.15, 0.2) is 5.82 Å². The van der Waals surface area contributed by atoms with Crippen LogP contribution in [-0.2, 0) is 0 Å². The van der Waals surface area contributed by atoms with Gasteiger partial charge in [0.1, 0.15) is 5.82 Å². The molecule has 2 heterocycles. The number of pyridine rings is 1. The highest BCUT2D eigenvalue weighted by atomic mass is 15.3. The minimum atomic E-state index is 0.835. The standard InChI is InChI=1S/C15H16N4/c1-2-10-16-14-8-5-9-15(18-14)19-13-7-4-3-6-12(13)11-17-19/h3-9,11H,2,10H2,1H3,(H,16,18). The molecule has 0 saturated heterocycles. The molecule has 0 aliphatic heterocycles. The van der Waals surface area contributed by atoms with Crippen molar-refractivity contribution < 1.29 is 0 Å². The normalized spacial score (nSPS) is 10.8. The predicted molar refractivity (Wildman–Crippen MR) is 77.6 cm³/mol. The van der Waals surface area contributed by atoms with Crippen LogP contribution in [0.2, 0.25) is 0 Å². The third-order valence-corrected chi connectivity index (χ3v) is 2.98. The molecule has 0 atom stereocenters. The van der Waals surface area contributed by atoms with Crippen molar-refractivity contribution in [1.29, 1.82) is 0 Å². The summed E-state index contributed by atoms with van der Waals surface area (Å²) in [5.74, 6) is 1.72. The van der Waals surface area contributed by atoms with E-state index in [0.29, 0.717) is 0 Å². The summed E-state index contributed by atoms with van der Waals surface area (Å²) in [7, 11) is 0. The average Bonchev–Trinajstić information content (AvgIpc) is 2.89. The highest BCUT2D eigenvalue weighted by molar-refractivity contribution is 5.79.